The number of rotatable bonds is 9. The first kappa shape index (κ1) is 23.6. The monoisotopic (exact) mass is 421 g/mol. The first-order chi connectivity index (χ1) is 14.1. The molecule has 168 valence electrons. The number of carbonyl (C=O) groups excluding carboxylic acids is 2. The zero-order chi connectivity index (χ0) is 22.1. The highest BCUT2D eigenvalue weighted by Gasteiger charge is 2.33. The number of aliphatic imine (C=N–C) groups is 1. The van der Waals surface area contributed by atoms with Gasteiger partial charge in [0.2, 0.25) is 5.91 Å². The van der Waals surface area contributed by atoms with Gasteiger partial charge in [0.05, 0.1) is 12.3 Å². The van der Waals surface area contributed by atoms with Gasteiger partial charge in [0.25, 0.3) is 0 Å². The number of likely N-dealkylation sites (N-methyl/N-ethyl adjacent to an activating group) is 1. The summed E-state index contributed by atoms with van der Waals surface area (Å²) in [5, 5.41) is 9.43. The van der Waals surface area contributed by atoms with Crippen LogP contribution in [0.25, 0.3) is 0 Å². The van der Waals surface area contributed by atoms with Gasteiger partial charge in [-0.05, 0) is 51.7 Å². The predicted molar refractivity (Wildman–Crippen MR) is 115 cm³/mol. The maximum Gasteiger partial charge on any atom is 0.407 e. The SMILES string of the molecule is CN(C)C(=O)CN=C(NCCc1ccco1)NCC(NC(=O)OC(C)(C)C)C1CC1. The molecule has 9 heteroatoms. The summed E-state index contributed by atoms with van der Waals surface area (Å²) in [4.78, 5) is 30.0. The van der Waals surface area contributed by atoms with Gasteiger partial charge in [-0.2, -0.15) is 0 Å². The molecule has 1 fully saturated rings. The molecule has 0 aliphatic heterocycles. The standard InChI is InChI=1S/C21H35N5O4/c1-21(2,3)30-20(28)25-17(15-8-9-15)13-23-19(24-14-18(27)26(4)5)22-11-10-16-7-6-12-29-16/h6-7,12,15,17H,8-11,13-14H2,1-5H3,(H,25,28)(H2,22,23,24). The number of guanidine groups is 1. The predicted octanol–water partition coefficient (Wildman–Crippen LogP) is 1.75. The van der Waals surface area contributed by atoms with Gasteiger partial charge >= 0.3 is 6.09 Å². The van der Waals surface area contributed by atoms with Crippen molar-refractivity contribution in [1.82, 2.24) is 20.9 Å². The van der Waals surface area contributed by atoms with E-state index >= 15 is 0 Å². The van der Waals surface area contributed by atoms with Crippen molar-refractivity contribution >= 4 is 18.0 Å². The van der Waals surface area contributed by atoms with Gasteiger partial charge in [0.15, 0.2) is 5.96 Å². The van der Waals surface area contributed by atoms with Crippen LogP contribution in [-0.4, -0.2) is 68.2 Å². The normalized spacial score (nSPS) is 15.3. The maximum atomic E-state index is 12.2. The summed E-state index contributed by atoms with van der Waals surface area (Å²) >= 11 is 0. The lowest BCUT2D eigenvalue weighted by Crippen LogP contribution is -2.49. The fraction of sp³-hybridized carbons (Fsp3) is 0.667. The highest BCUT2D eigenvalue weighted by molar-refractivity contribution is 5.84. The van der Waals surface area contributed by atoms with Crippen LogP contribution in [0.1, 0.15) is 39.4 Å². The van der Waals surface area contributed by atoms with E-state index in [1.54, 1.807) is 20.4 Å². The van der Waals surface area contributed by atoms with Crippen LogP contribution >= 0.6 is 0 Å². The third kappa shape index (κ3) is 9.19. The van der Waals surface area contributed by atoms with Crippen molar-refractivity contribution in [2.75, 3.05) is 33.7 Å². The summed E-state index contributed by atoms with van der Waals surface area (Å²) in [5.74, 6) is 1.72. The number of ether oxygens (including phenoxy) is 1. The van der Waals surface area contributed by atoms with Gasteiger partial charge in [-0.25, -0.2) is 9.79 Å². The molecule has 0 bridgehead atoms. The van der Waals surface area contributed by atoms with Crippen LogP contribution in [0, 0.1) is 5.92 Å². The van der Waals surface area contributed by atoms with Crippen molar-refractivity contribution in [3.8, 4) is 0 Å². The number of carbonyl (C=O) groups is 2. The smallest absolute Gasteiger partial charge is 0.407 e. The lowest BCUT2D eigenvalue weighted by Gasteiger charge is -2.24. The van der Waals surface area contributed by atoms with Crippen LogP contribution in [0.4, 0.5) is 4.79 Å². The Morgan fingerprint density at radius 2 is 2.03 bits per heavy atom. The molecule has 1 heterocycles. The maximum absolute atomic E-state index is 12.2. The molecule has 0 radical (unpaired) electrons. The summed E-state index contributed by atoms with van der Waals surface area (Å²) < 4.78 is 10.7. The highest BCUT2D eigenvalue weighted by atomic mass is 16.6. The Bertz CT molecular complexity index is 705. The minimum Gasteiger partial charge on any atom is -0.469 e. The molecule has 0 saturated heterocycles. The molecule has 2 amide bonds. The fourth-order valence-electron chi connectivity index (χ4n) is 2.72. The van der Waals surface area contributed by atoms with Crippen LogP contribution in [0.5, 0.6) is 0 Å². The van der Waals surface area contributed by atoms with Crippen molar-refractivity contribution in [3.05, 3.63) is 24.2 Å². The quantitative estimate of drug-likeness (QED) is 0.414. The Balaban J connectivity index is 1.91. The van der Waals surface area contributed by atoms with E-state index in [0.29, 0.717) is 31.4 Å². The minimum atomic E-state index is -0.543. The minimum absolute atomic E-state index is 0.0384. The Morgan fingerprint density at radius 3 is 2.60 bits per heavy atom. The van der Waals surface area contributed by atoms with Crippen LogP contribution in [0.3, 0.4) is 0 Å². The summed E-state index contributed by atoms with van der Waals surface area (Å²) in [6.07, 6.45) is 4.05. The van der Waals surface area contributed by atoms with Gasteiger partial charge in [0, 0.05) is 33.6 Å². The van der Waals surface area contributed by atoms with Crippen LogP contribution in [-0.2, 0) is 16.0 Å². The molecule has 1 atom stereocenters. The first-order valence-electron chi connectivity index (χ1n) is 10.4. The molecule has 9 nitrogen and oxygen atoms in total. The lowest BCUT2D eigenvalue weighted by molar-refractivity contribution is -0.127. The Labute approximate surface area is 178 Å². The van der Waals surface area contributed by atoms with E-state index in [9.17, 15) is 9.59 Å². The van der Waals surface area contributed by atoms with E-state index in [4.69, 9.17) is 9.15 Å². The highest BCUT2D eigenvalue weighted by Crippen LogP contribution is 2.32. The topological polar surface area (TPSA) is 108 Å². The largest absolute Gasteiger partial charge is 0.469 e. The molecular weight excluding hydrogens is 386 g/mol. The third-order valence-corrected chi connectivity index (χ3v) is 4.50. The summed E-state index contributed by atoms with van der Waals surface area (Å²) in [5.41, 5.74) is -0.543. The van der Waals surface area contributed by atoms with Gasteiger partial charge in [-0.3, -0.25) is 4.79 Å². The first-order valence-corrected chi connectivity index (χ1v) is 10.4. The number of hydrogen-bond acceptors (Lipinski definition) is 5. The average Bonchev–Trinajstić information content (AvgIpc) is 3.36. The number of amides is 2. The van der Waals surface area contributed by atoms with Crippen molar-refractivity contribution < 1.29 is 18.7 Å². The van der Waals surface area contributed by atoms with Crippen molar-refractivity contribution in [1.29, 1.82) is 0 Å². The molecule has 1 aromatic rings. The third-order valence-electron chi connectivity index (χ3n) is 4.50. The number of nitrogens with zero attached hydrogens (tertiary/aromatic N) is 2. The molecule has 3 N–H and O–H groups in total. The Kier molecular flexibility index (Phi) is 8.56. The van der Waals surface area contributed by atoms with Crippen LogP contribution in [0.2, 0.25) is 0 Å². The summed E-state index contributed by atoms with van der Waals surface area (Å²) in [6, 6.07) is 3.69. The summed E-state index contributed by atoms with van der Waals surface area (Å²) in [7, 11) is 3.40. The van der Waals surface area contributed by atoms with E-state index in [0.717, 1.165) is 18.6 Å². The molecule has 1 aliphatic carbocycles. The van der Waals surface area contributed by atoms with Crippen molar-refractivity contribution in [3.63, 3.8) is 0 Å². The van der Waals surface area contributed by atoms with E-state index in [1.165, 1.54) is 4.90 Å². The van der Waals surface area contributed by atoms with Crippen LogP contribution < -0.4 is 16.0 Å². The number of furan rings is 1. The molecule has 2 rings (SSSR count). The van der Waals surface area contributed by atoms with Gasteiger partial charge in [0.1, 0.15) is 17.9 Å². The molecule has 0 spiro atoms. The molecule has 30 heavy (non-hydrogen) atoms. The number of nitrogens with one attached hydrogen (secondary N) is 3. The molecule has 1 aromatic heterocycles. The average molecular weight is 422 g/mol. The fourth-order valence-corrected chi connectivity index (χ4v) is 2.72. The molecule has 1 unspecified atom stereocenters. The van der Waals surface area contributed by atoms with Gasteiger partial charge < -0.3 is 30.0 Å². The molecule has 1 saturated carbocycles. The molecule has 0 aromatic carbocycles. The molecular formula is C21H35N5O4. The van der Waals surface area contributed by atoms with Crippen LogP contribution in [0.15, 0.2) is 27.8 Å². The van der Waals surface area contributed by atoms with Gasteiger partial charge in [-0.15, -0.1) is 0 Å². The van der Waals surface area contributed by atoms with E-state index in [2.05, 4.69) is 20.9 Å². The zero-order valence-electron chi connectivity index (χ0n) is 18.7. The number of alkyl carbamates (subject to hydrolysis) is 1. The zero-order valence-corrected chi connectivity index (χ0v) is 18.7. The second-order valence-electron chi connectivity index (χ2n) is 8.68. The number of hydrogen-bond donors (Lipinski definition) is 3. The second kappa shape index (κ2) is 10.9. The lowest BCUT2D eigenvalue weighted by atomic mass is 10.2. The molecule has 1 aliphatic rings. The van der Waals surface area contributed by atoms with Gasteiger partial charge in [-0.1, -0.05) is 0 Å². The Hall–Kier alpha value is -2.71. The Morgan fingerprint density at radius 1 is 1.30 bits per heavy atom. The van der Waals surface area contributed by atoms with Crippen molar-refractivity contribution in [2.45, 2.75) is 51.7 Å². The summed E-state index contributed by atoms with van der Waals surface area (Å²) in [6.45, 7) is 6.65. The van der Waals surface area contributed by atoms with E-state index < -0.39 is 11.7 Å². The second-order valence-corrected chi connectivity index (χ2v) is 8.68. The van der Waals surface area contributed by atoms with E-state index in [-0.39, 0.29) is 18.5 Å². The van der Waals surface area contributed by atoms with E-state index in [1.807, 2.05) is 32.9 Å². The van der Waals surface area contributed by atoms with Crippen molar-refractivity contribution in [2.24, 2.45) is 10.9 Å².